The molecule has 12 heteroatoms. The summed E-state index contributed by atoms with van der Waals surface area (Å²) in [6, 6.07) is 3.00. The van der Waals surface area contributed by atoms with Crippen LogP contribution in [0.15, 0.2) is 12.1 Å². The van der Waals surface area contributed by atoms with Crippen LogP contribution in [0.1, 0.15) is 49.8 Å². The van der Waals surface area contributed by atoms with Crippen molar-refractivity contribution in [2.45, 2.75) is 20.8 Å². The van der Waals surface area contributed by atoms with Gasteiger partial charge in [0.15, 0.2) is 16.6 Å². The zero-order chi connectivity index (χ0) is 26.3. The van der Waals surface area contributed by atoms with Gasteiger partial charge in [-0.2, -0.15) is 0 Å². The van der Waals surface area contributed by atoms with Crippen LogP contribution in [0.2, 0.25) is 0 Å². The second-order valence-corrected chi connectivity index (χ2v) is 8.48. The van der Waals surface area contributed by atoms with E-state index in [0.29, 0.717) is 45.7 Å². The average Bonchev–Trinajstić information content (AvgIpc) is 3.18. The molecule has 10 nitrogen and oxygen atoms in total. The van der Waals surface area contributed by atoms with Crippen molar-refractivity contribution in [2.75, 3.05) is 52.2 Å². The number of thiocarbonyl (C=S) groups is 1. The summed E-state index contributed by atoms with van der Waals surface area (Å²) < 4.78 is 20.4. The summed E-state index contributed by atoms with van der Waals surface area (Å²) in [5, 5.41) is 6.29. The third-order valence-corrected chi connectivity index (χ3v) is 6.58. The predicted molar refractivity (Wildman–Crippen MR) is 138 cm³/mol. The molecule has 1 aromatic carbocycles. The molecule has 2 aromatic rings. The Morgan fingerprint density at radius 2 is 1.51 bits per heavy atom. The third-order valence-electron chi connectivity index (χ3n) is 5.19. The number of hydrogen-bond acceptors (Lipinski definition) is 9. The van der Waals surface area contributed by atoms with E-state index in [9.17, 15) is 14.4 Å². The van der Waals surface area contributed by atoms with Crippen LogP contribution >= 0.6 is 23.6 Å². The highest BCUT2D eigenvalue weighted by Gasteiger charge is 2.28. The number of ether oxygens (including phenoxy) is 4. The molecule has 0 aliphatic rings. The van der Waals surface area contributed by atoms with Gasteiger partial charge in [-0.25, -0.2) is 9.59 Å². The van der Waals surface area contributed by atoms with Crippen LogP contribution < -0.4 is 20.1 Å². The first-order valence-corrected chi connectivity index (χ1v) is 11.8. The van der Waals surface area contributed by atoms with E-state index >= 15 is 0 Å². The third kappa shape index (κ3) is 6.01. The van der Waals surface area contributed by atoms with Gasteiger partial charge >= 0.3 is 11.9 Å². The van der Waals surface area contributed by atoms with Gasteiger partial charge in [0.1, 0.15) is 5.00 Å². The molecule has 1 aromatic heterocycles. The zero-order valence-electron chi connectivity index (χ0n) is 20.7. The van der Waals surface area contributed by atoms with E-state index in [1.807, 2.05) is 13.8 Å². The SMILES string of the molecule is CCN(CC)C(=O)c1sc(NC(=S)Nc2cc(OC)c(OC)cc2C(=O)OC)c(C(=O)OC)c1C. The Morgan fingerprint density at radius 3 is 2.03 bits per heavy atom. The van der Waals surface area contributed by atoms with Gasteiger partial charge in [-0.3, -0.25) is 4.79 Å². The number of nitrogens with zero attached hydrogens (tertiary/aromatic N) is 1. The number of rotatable bonds is 9. The van der Waals surface area contributed by atoms with Crippen molar-refractivity contribution in [3.05, 3.63) is 33.7 Å². The topological polar surface area (TPSA) is 115 Å². The summed E-state index contributed by atoms with van der Waals surface area (Å²) in [6.45, 7) is 6.50. The molecular formula is C23H29N3O7S2. The van der Waals surface area contributed by atoms with Crippen molar-refractivity contribution >= 4 is 57.2 Å². The molecule has 0 aliphatic heterocycles. The molecule has 1 amide bonds. The molecule has 35 heavy (non-hydrogen) atoms. The first kappa shape index (κ1) is 27.9. The van der Waals surface area contributed by atoms with Gasteiger partial charge in [0.25, 0.3) is 5.91 Å². The number of methoxy groups -OCH3 is 4. The number of hydrogen-bond donors (Lipinski definition) is 2. The Kier molecular flexibility index (Phi) is 9.84. The summed E-state index contributed by atoms with van der Waals surface area (Å²) in [4.78, 5) is 39.9. The number of carbonyl (C=O) groups is 3. The molecule has 0 radical (unpaired) electrons. The number of amides is 1. The van der Waals surface area contributed by atoms with E-state index in [1.54, 1.807) is 11.8 Å². The lowest BCUT2D eigenvalue weighted by molar-refractivity contribution is 0.0592. The summed E-state index contributed by atoms with van der Waals surface area (Å²) in [7, 11) is 5.42. The van der Waals surface area contributed by atoms with E-state index in [0.717, 1.165) is 11.3 Å². The molecule has 0 unspecified atom stereocenters. The molecule has 0 saturated heterocycles. The number of benzene rings is 1. The molecule has 2 N–H and O–H groups in total. The summed E-state index contributed by atoms with van der Waals surface area (Å²) in [5.74, 6) is -0.726. The zero-order valence-corrected chi connectivity index (χ0v) is 22.3. The van der Waals surface area contributed by atoms with Crippen molar-refractivity contribution in [1.29, 1.82) is 0 Å². The number of nitrogens with one attached hydrogen (secondary N) is 2. The molecule has 190 valence electrons. The minimum absolute atomic E-state index is 0.0654. The Bertz CT molecular complexity index is 1130. The van der Waals surface area contributed by atoms with Gasteiger partial charge in [0.2, 0.25) is 0 Å². The lowest BCUT2D eigenvalue weighted by Crippen LogP contribution is -2.30. The van der Waals surface area contributed by atoms with Crippen molar-refractivity contribution in [2.24, 2.45) is 0 Å². The van der Waals surface area contributed by atoms with E-state index < -0.39 is 11.9 Å². The van der Waals surface area contributed by atoms with Crippen LogP contribution in [-0.4, -0.2) is 69.4 Å². The second kappa shape index (κ2) is 12.4. The molecule has 0 spiro atoms. The average molecular weight is 524 g/mol. The minimum Gasteiger partial charge on any atom is -0.493 e. The van der Waals surface area contributed by atoms with Crippen LogP contribution in [0, 0.1) is 6.92 Å². The Morgan fingerprint density at radius 1 is 0.943 bits per heavy atom. The predicted octanol–water partition coefficient (Wildman–Crippen LogP) is 3.94. The highest BCUT2D eigenvalue weighted by atomic mass is 32.1. The first-order valence-electron chi connectivity index (χ1n) is 10.6. The molecule has 0 fully saturated rings. The van der Waals surface area contributed by atoms with Crippen LogP contribution in [0.25, 0.3) is 0 Å². The van der Waals surface area contributed by atoms with Crippen molar-refractivity contribution in [3.8, 4) is 11.5 Å². The highest BCUT2D eigenvalue weighted by molar-refractivity contribution is 7.80. The Balaban J connectivity index is 2.46. The van der Waals surface area contributed by atoms with Gasteiger partial charge < -0.3 is 34.5 Å². The van der Waals surface area contributed by atoms with E-state index in [2.05, 4.69) is 10.6 Å². The lowest BCUT2D eigenvalue weighted by Gasteiger charge is -2.18. The first-order chi connectivity index (χ1) is 16.7. The summed E-state index contributed by atoms with van der Waals surface area (Å²) >= 11 is 6.55. The number of anilines is 2. The van der Waals surface area contributed by atoms with Crippen LogP contribution in [0.4, 0.5) is 10.7 Å². The quantitative estimate of drug-likeness (QED) is 0.370. The van der Waals surface area contributed by atoms with Gasteiger partial charge in [-0.05, 0) is 38.6 Å². The second-order valence-electron chi connectivity index (χ2n) is 7.05. The van der Waals surface area contributed by atoms with Gasteiger partial charge in [0, 0.05) is 25.2 Å². The molecule has 2 rings (SSSR count). The van der Waals surface area contributed by atoms with Crippen molar-refractivity contribution in [1.82, 2.24) is 4.90 Å². The normalized spacial score (nSPS) is 10.3. The maximum atomic E-state index is 13.0. The fraction of sp³-hybridized carbons (Fsp3) is 0.391. The maximum Gasteiger partial charge on any atom is 0.341 e. The highest BCUT2D eigenvalue weighted by Crippen LogP contribution is 2.36. The summed E-state index contributed by atoms with van der Waals surface area (Å²) in [6.07, 6.45) is 0. The van der Waals surface area contributed by atoms with Gasteiger partial charge in [-0.15, -0.1) is 11.3 Å². The number of thiophene rings is 1. The van der Waals surface area contributed by atoms with Crippen molar-refractivity contribution in [3.63, 3.8) is 0 Å². The van der Waals surface area contributed by atoms with E-state index in [1.165, 1.54) is 40.6 Å². The van der Waals surface area contributed by atoms with Crippen LogP contribution in [0.5, 0.6) is 11.5 Å². The van der Waals surface area contributed by atoms with Gasteiger partial charge in [0.05, 0.1) is 50.1 Å². The monoisotopic (exact) mass is 523 g/mol. The van der Waals surface area contributed by atoms with Gasteiger partial charge in [-0.1, -0.05) is 0 Å². The summed E-state index contributed by atoms with van der Waals surface area (Å²) in [5.41, 5.74) is 1.14. The molecule has 0 aliphatic carbocycles. The van der Waals surface area contributed by atoms with Crippen molar-refractivity contribution < 1.29 is 33.3 Å². The lowest BCUT2D eigenvalue weighted by atomic mass is 10.1. The molecule has 0 atom stereocenters. The van der Waals surface area contributed by atoms with E-state index in [4.69, 9.17) is 31.2 Å². The molecule has 0 bridgehead atoms. The number of esters is 2. The molecular weight excluding hydrogens is 494 g/mol. The fourth-order valence-electron chi connectivity index (χ4n) is 3.33. The fourth-order valence-corrected chi connectivity index (χ4v) is 4.77. The smallest absolute Gasteiger partial charge is 0.341 e. The Labute approximate surface area is 213 Å². The number of carbonyl (C=O) groups excluding carboxylic acids is 3. The maximum absolute atomic E-state index is 13.0. The molecule has 0 saturated carbocycles. The van der Waals surface area contributed by atoms with E-state index in [-0.39, 0.29) is 22.1 Å². The standard InChI is InChI=1S/C23H29N3O7S2/c1-8-26(9-2)20(27)18-12(3)17(22(29)33-7)19(35-18)25-23(34)24-14-11-16(31-5)15(30-4)10-13(14)21(28)32-6/h10-11H,8-9H2,1-7H3,(H2,24,25,34). The molecule has 1 heterocycles. The van der Waals surface area contributed by atoms with Crippen LogP contribution in [0.3, 0.4) is 0 Å². The largest absolute Gasteiger partial charge is 0.493 e. The van der Waals surface area contributed by atoms with Crippen LogP contribution in [-0.2, 0) is 9.47 Å². The minimum atomic E-state index is -0.620. The Hall–Kier alpha value is -3.38.